The van der Waals surface area contributed by atoms with Crippen molar-refractivity contribution in [2.75, 3.05) is 13.1 Å². The molecule has 3 unspecified atom stereocenters. The molecule has 1 heterocycles. The van der Waals surface area contributed by atoms with E-state index in [0.717, 1.165) is 38.6 Å². The number of aliphatic hydroxyl groups is 1. The number of hydrogen-bond donors (Lipinski definition) is 2. The van der Waals surface area contributed by atoms with E-state index >= 15 is 0 Å². The monoisotopic (exact) mass is 240 g/mol. The van der Waals surface area contributed by atoms with E-state index in [1.807, 2.05) is 11.8 Å². The molecule has 1 amide bonds. The molecule has 0 aromatic carbocycles. The molecule has 0 spiro atoms. The number of carbonyl (C=O) groups excluding carboxylic acids is 1. The first-order chi connectivity index (χ1) is 7.98. The Morgan fingerprint density at radius 3 is 2.76 bits per heavy atom. The summed E-state index contributed by atoms with van der Waals surface area (Å²) in [5.74, 6) is 0.392. The second kappa shape index (κ2) is 4.94. The molecule has 0 aromatic rings. The van der Waals surface area contributed by atoms with E-state index in [1.54, 1.807) is 0 Å². The van der Waals surface area contributed by atoms with Gasteiger partial charge in [-0.15, -0.1) is 0 Å². The van der Waals surface area contributed by atoms with Crippen molar-refractivity contribution >= 4 is 5.91 Å². The molecule has 3 N–H and O–H groups in total. The molecule has 0 aromatic heterocycles. The highest BCUT2D eigenvalue weighted by atomic mass is 16.3. The van der Waals surface area contributed by atoms with Crippen LogP contribution in [0.1, 0.15) is 45.4 Å². The molecule has 1 aliphatic carbocycles. The van der Waals surface area contributed by atoms with Crippen LogP contribution >= 0.6 is 0 Å². The van der Waals surface area contributed by atoms with Gasteiger partial charge in [0.05, 0.1) is 5.60 Å². The van der Waals surface area contributed by atoms with Crippen molar-refractivity contribution in [3.05, 3.63) is 0 Å². The van der Waals surface area contributed by atoms with Crippen molar-refractivity contribution in [2.45, 2.75) is 57.1 Å². The number of amides is 1. The lowest BCUT2D eigenvalue weighted by Gasteiger charge is -2.25. The first kappa shape index (κ1) is 12.8. The quantitative estimate of drug-likeness (QED) is 0.715. The molecule has 4 heteroatoms. The summed E-state index contributed by atoms with van der Waals surface area (Å²) in [6.45, 7) is 3.35. The Morgan fingerprint density at radius 1 is 1.35 bits per heavy atom. The highest BCUT2D eigenvalue weighted by Gasteiger charge is 2.33. The van der Waals surface area contributed by atoms with Crippen LogP contribution < -0.4 is 5.73 Å². The fraction of sp³-hybridized carbons (Fsp3) is 0.923. The molecular formula is C13H24N2O2. The van der Waals surface area contributed by atoms with Crippen molar-refractivity contribution in [3.8, 4) is 0 Å². The van der Waals surface area contributed by atoms with Crippen molar-refractivity contribution in [1.29, 1.82) is 0 Å². The molecule has 2 fully saturated rings. The van der Waals surface area contributed by atoms with Crippen LogP contribution in [-0.2, 0) is 4.79 Å². The largest absolute Gasteiger partial charge is 0.390 e. The Kier molecular flexibility index (Phi) is 3.73. The summed E-state index contributed by atoms with van der Waals surface area (Å²) in [6.07, 6.45) is 5.14. The van der Waals surface area contributed by atoms with Gasteiger partial charge >= 0.3 is 0 Å². The number of nitrogens with zero attached hydrogens (tertiary/aromatic N) is 1. The van der Waals surface area contributed by atoms with Gasteiger partial charge in [-0.05, 0) is 45.4 Å². The average molecular weight is 240 g/mol. The van der Waals surface area contributed by atoms with E-state index < -0.39 is 5.60 Å². The first-order valence-corrected chi connectivity index (χ1v) is 6.75. The van der Waals surface area contributed by atoms with E-state index in [1.165, 1.54) is 0 Å². The normalized spacial score (nSPS) is 39.1. The van der Waals surface area contributed by atoms with Crippen molar-refractivity contribution < 1.29 is 9.90 Å². The molecule has 1 aliphatic heterocycles. The van der Waals surface area contributed by atoms with Gasteiger partial charge in [-0.2, -0.15) is 0 Å². The topological polar surface area (TPSA) is 66.6 Å². The standard InChI is InChI=1S/C13H24N2O2/c1-13(17)5-2-7-15(8-6-13)12(16)10-3-4-11(14)9-10/h10-11,17H,2-9,14H2,1H3. The minimum Gasteiger partial charge on any atom is -0.390 e. The van der Waals surface area contributed by atoms with E-state index in [-0.39, 0.29) is 17.9 Å². The Labute approximate surface area is 103 Å². The number of hydrogen-bond acceptors (Lipinski definition) is 3. The van der Waals surface area contributed by atoms with E-state index in [0.29, 0.717) is 13.0 Å². The fourth-order valence-electron chi connectivity index (χ4n) is 2.98. The number of rotatable bonds is 1. The van der Waals surface area contributed by atoms with E-state index in [9.17, 15) is 9.90 Å². The van der Waals surface area contributed by atoms with Gasteiger partial charge in [-0.3, -0.25) is 4.79 Å². The number of carbonyl (C=O) groups is 1. The summed E-state index contributed by atoms with van der Waals surface area (Å²) in [4.78, 5) is 14.2. The fourth-order valence-corrected chi connectivity index (χ4v) is 2.98. The van der Waals surface area contributed by atoms with Crippen molar-refractivity contribution in [1.82, 2.24) is 4.90 Å². The maximum absolute atomic E-state index is 12.3. The molecular weight excluding hydrogens is 216 g/mol. The van der Waals surface area contributed by atoms with Gasteiger partial charge in [-0.1, -0.05) is 0 Å². The number of likely N-dealkylation sites (tertiary alicyclic amines) is 1. The minimum absolute atomic E-state index is 0.132. The second-order valence-corrected chi connectivity index (χ2v) is 5.95. The summed E-state index contributed by atoms with van der Waals surface area (Å²) in [6, 6.07) is 0.207. The Hall–Kier alpha value is -0.610. The molecule has 1 saturated heterocycles. The third-order valence-electron chi connectivity index (χ3n) is 4.20. The smallest absolute Gasteiger partial charge is 0.225 e. The van der Waals surface area contributed by atoms with Crippen LogP contribution in [0, 0.1) is 5.92 Å². The van der Waals surface area contributed by atoms with Gasteiger partial charge in [-0.25, -0.2) is 0 Å². The van der Waals surface area contributed by atoms with Crippen LogP contribution in [0.25, 0.3) is 0 Å². The van der Waals surface area contributed by atoms with Gasteiger partial charge in [0.2, 0.25) is 5.91 Å². The molecule has 98 valence electrons. The molecule has 3 atom stereocenters. The average Bonchev–Trinajstić information content (AvgIpc) is 2.60. The molecule has 2 aliphatic rings. The molecule has 0 bridgehead atoms. The Morgan fingerprint density at radius 2 is 2.12 bits per heavy atom. The van der Waals surface area contributed by atoms with Crippen LogP contribution in [0.2, 0.25) is 0 Å². The molecule has 1 saturated carbocycles. The molecule has 2 rings (SSSR count). The summed E-state index contributed by atoms with van der Waals surface area (Å²) in [5.41, 5.74) is 5.26. The molecule has 4 nitrogen and oxygen atoms in total. The highest BCUT2D eigenvalue weighted by molar-refractivity contribution is 5.79. The third kappa shape index (κ3) is 3.19. The second-order valence-electron chi connectivity index (χ2n) is 5.95. The van der Waals surface area contributed by atoms with E-state index in [2.05, 4.69) is 0 Å². The number of nitrogens with two attached hydrogens (primary N) is 1. The summed E-state index contributed by atoms with van der Waals surface area (Å²) >= 11 is 0. The summed E-state index contributed by atoms with van der Waals surface area (Å²) in [5, 5.41) is 10.0. The Bertz CT molecular complexity index is 291. The molecule has 17 heavy (non-hydrogen) atoms. The van der Waals surface area contributed by atoms with Gasteiger partial charge < -0.3 is 15.7 Å². The summed E-state index contributed by atoms with van der Waals surface area (Å²) < 4.78 is 0. The SMILES string of the molecule is CC1(O)CCCN(C(=O)C2CCC(N)C2)CC1. The van der Waals surface area contributed by atoms with Gasteiger partial charge in [0.25, 0.3) is 0 Å². The van der Waals surface area contributed by atoms with Crippen LogP contribution in [-0.4, -0.2) is 40.6 Å². The zero-order valence-corrected chi connectivity index (χ0v) is 10.7. The zero-order chi connectivity index (χ0) is 12.5. The maximum Gasteiger partial charge on any atom is 0.225 e. The highest BCUT2D eigenvalue weighted by Crippen LogP contribution is 2.28. The van der Waals surface area contributed by atoms with Crippen LogP contribution in [0.4, 0.5) is 0 Å². The lowest BCUT2D eigenvalue weighted by Crippen LogP contribution is -2.37. The predicted octanol–water partition coefficient (Wildman–Crippen LogP) is 0.877. The predicted molar refractivity (Wildman–Crippen MR) is 66.4 cm³/mol. The van der Waals surface area contributed by atoms with Crippen molar-refractivity contribution in [3.63, 3.8) is 0 Å². The van der Waals surface area contributed by atoms with Gasteiger partial charge in [0, 0.05) is 25.0 Å². The van der Waals surface area contributed by atoms with Crippen molar-refractivity contribution in [2.24, 2.45) is 11.7 Å². The van der Waals surface area contributed by atoms with Crippen LogP contribution in [0.3, 0.4) is 0 Å². The lowest BCUT2D eigenvalue weighted by molar-refractivity contribution is -0.135. The Balaban J connectivity index is 1.91. The molecule has 0 radical (unpaired) electrons. The third-order valence-corrected chi connectivity index (χ3v) is 4.20. The lowest BCUT2D eigenvalue weighted by atomic mass is 9.98. The van der Waals surface area contributed by atoms with Crippen LogP contribution in [0.15, 0.2) is 0 Å². The maximum atomic E-state index is 12.3. The zero-order valence-electron chi connectivity index (χ0n) is 10.7. The van der Waals surface area contributed by atoms with Gasteiger partial charge in [0.1, 0.15) is 0 Å². The minimum atomic E-state index is -0.596. The summed E-state index contributed by atoms with van der Waals surface area (Å²) in [7, 11) is 0. The van der Waals surface area contributed by atoms with Crippen LogP contribution in [0.5, 0.6) is 0 Å². The van der Waals surface area contributed by atoms with E-state index in [4.69, 9.17) is 5.73 Å². The first-order valence-electron chi connectivity index (χ1n) is 6.75. The van der Waals surface area contributed by atoms with Gasteiger partial charge in [0.15, 0.2) is 0 Å².